The molecule has 20 heavy (non-hydrogen) atoms. The molecular formula is C16H19ClINO. The maximum absolute atomic E-state index is 6.14. The number of ether oxygens (including phenoxy) is 1. The van der Waals surface area contributed by atoms with Gasteiger partial charge in [-0.1, -0.05) is 36.4 Å². The zero-order valence-corrected chi connectivity index (χ0v) is 14.4. The van der Waals surface area contributed by atoms with Gasteiger partial charge in [0, 0.05) is 9.99 Å². The second-order valence-electron chi connectivity index (χ2n) is 4.37. The van der Waals surface area contributed by atoms with E-state index in [0.29, 0.717) is 0 Å². The van der Waals surface area contributed by atoms with E-state index in [1.54, 1.807) is 0 Å². The molecule has 2 aromatic carbocycles. The molecular weight excluding hydrogens is 385 g/mol. The minimum atomic E-state index is 0. The number of hydrogen-bond donors (Lipinski definition) is 1. The average molecular weight is 404 g/mol. The zero-order valence-electron chi connectivity index (χ0n) is 11.4. The predicted molar refractivity (Wildman–Crippen MR) is 94.8 cm³/mol. The van der Waals surface area contributed by atoms with Crippen LogP contribution in [-0.4, -0.2) is 13.6 Å². The van der Waals surface area contributed by atoms with Crippen molar-refractivity contribution in [2.24, 2.45) is 0 Å². The van der Waals surface area contributed by atoms with Crippen molar-refractivity contribution in [3.63, 3.8) is 0 Å². The van der Waals surface area contributed by atoms with Crippen LogP contribution < -0.4 is 10.1 Å². The van der Waals surface area contributed by atoms with Crippen molar-refractivity contribution in [2.45, 2.75) is 12.5 Å². The van der Waals surface area contributed by atoms with Crippen molar-refractivity contribution in [2.75, 3.05) is 13.6 Å². The van der Waals surface area contributed by atoms with Crippen LogP contribution in [0.4, 0.5) is 0 Å². The van der Waals surface area contributed by atoms with E-state index in [9.17, 15) is 0 Å². The van der Waals surface area contributed by atoms with E-state index in [2.05, 4.69) is 64.3 Å². The van der Waals surface area contributed by atoms with Crippen molar-refractivity contribution >= 4 is 35.0 Å². The van der Waals surface area contributed by atoms with Crippen LogP contribution in [0.25, 0.3) is 0 Å². The van der Waals surface area contributed by atoms with Crippen molar-refractivity contribution < 1.29 is 4.74 Å². The summed E-state index contributed by atoms with van der Waals surface area (Å²) in [6, 6.07) is 18.6. The van der Waals surface area contributed by atoms with Gasteiger partial charge in [-0.15, -0.1) is 12.4 Å². The molecule has 1 atom stereocenters. The Hall–Kier alpha value is -0.780. The van der Waals surface area contributed by atoms with Gasteiger partial charge in [-0.25, -0.2) is 0 Å². The molecule has 0 aliphatic heterocycles. The van der Waals surface area contributed by atoms with Gasteiger partial charge in [0.2, 0.25) is 0 Å². The second-order valence-corrected chi connectivity index (χ2v) is 5.61. The molecule has 0 saturated heterocycles. The third-order valence-corrected chi connectivity index (χ3v) is 3.57. The lowest BCUT2D eigenvalue weighted by Crippen LogP contribution is -2.16. The van der Waals surface area contributed by atoms with Crippen molar-refractivity contribution in [1.82, 2.24) is 5.32 Å². The summed E-state index contributed by atoms with van der Waals surface area (Å²) in [5, 5.41) is 3.18. The van der Waals surface area contributed by atoms with Crippen LogP contribution in [0.2, 0.25) is 0 Å². The summed E-state index contributed by atoms with van der Waals surface area (Å²) in [6.07, 6.45) is 1.04. The minimum Gasteiger partial charge on any atom is -0.486 e. The summed E-state index contributed by atoms with van der Waals surface area (Å²) in [4.78, 5) is 0. The molecule has 2 nitrogen and oxygen atoms in total. The number of rotatable bonds is 6. The monoisotopic (exact) mass is 403 g/mol. The predicted octanol–water partition coefficient (Wildman–Crippen LogP) is 4.44. The summed E-state index contributed by atoms with van der Waals surface area (Å²) in [6.45, 7) is 0.934. The Morgan fingerprint density at radius 1 is 1.10 bits per heavy atom. The fraction of sp³-hybridized carbons (Fsp3) is 0.250. The molecule has 0 fully saturated rings. The summed E-state index contributed by atoms with van der Waals surface area (Å²) in [5.74, 6) is 0.928. The molecule has 4 heteroatoms. The van der Waals surface area contributed by atoms with Gasteiger partial charge in [-0.05, 0) is 59.9 Å². The average Bonchev–Trinajstić information content (AvgIpc) is 2.44. The molecule has 0 radical (unpaired) electrons. The molecule has 2 rings (SSSR count). The van der Waals surface area contributed by atoms with Crippen LogP contribution in [0, 0.1) is 3.57 Å². The Morgan fingerprint density at radius 2 is 1.85 bits per heavy atom. The second kappa shape index (κ2) is 9.21. The Morgan fingerprint density at radius 3 is 2.50 bits per heavy atom. The van der Waals surface area contributed by atoms with E-state index in [1.165, 1.54) is 9.13 Å². The molecule has 0 unspecified atom stereocenters. The van der Waals surface area contributed by atoms with Crippen LogP contribution >= 0.6 is 35.0 Å². The van der Waals surface area contributed by atoms with Gasteiger partial charge in [0.25, 0.3) is 0 Å². The Kier molecular flexibility index (Phi) is 7.95. The Bertz CT molecular complexity index is 507. The molecule has 108 valence electrons. The molecule has 0 aliphatic rings. The molecule has 2 aromatic rings. The Labute approximate surface area is 140 Å². The normalized spacial score (nSPS) is 11.5. The zero-order chi connectivity index (χ0) is 13.5. The highest BCUT2D eigenvalue weighted by Gasteiger charge is 2.12. The fourth-order valence-electron chi connectivity index (χ4n) is 1.94. The first-order valence-corrected chi connectivity index (χ1v) is 7.49. The highest BCUT2D eigenvalue weighted by atomic mass is 127. The minimum absolute atomic E-state index is 0. The summed E-state index contributed by atoms with van der Waals surface area (Å²) < 4.78 is 7.33. The number of halogens is 2. The third kappa shape index (κ3) is 5.31. The fourth-order valence-corrected chi connectivity index (χ4v) is 2.46. The van der Waals surface area contributed by atoms with Crippen LogP contribution in [0.5, 0.6) is 5.75 Å². The highest BCUT2D eigenvalue weighted by Crippen LogP contribution is 2.25. The van der Waals surface area contributed by atoms with Crippen LogP contribution in [0.3, 0.4) is 0 Å². The number of benzene rings is 2. The molecule has 0 aliphatic carbocycles. The molecule has 0 amide bonds. The first kappa shape index (κ1) is 17.3. The topological polar surface area (TPSA) is 21.3 Å². The standard InChI is InChI=1S/C16H18INO.ClH/c1-18-11-10-16(13-6-3-2-4-7-13)19-15-9-5-8-14(17)12-15;/h2-9,12,16,18H,10-11H2,1H3;1H/t16-;/m1./s1. The van der Waals surface area contributed by atoms with E-state index in [1.807, 2.05) is 25.2 Å². The smallest absolute Gasteiger partial charge is 0.125 e. The third-order valence-electron chi connectivity index (χ3n) is 2.90. The molecule has 0 saturated carbocycles. The first-order valence-electron chi connectivity index (χ1n) is 6.41. The first-order chi connectivity index (χ1) is 9.29. The van der Waals surface area contributed by atoms with Crippen molar-refractivity contribution in [1.29, 1.82) is 0 Å². The Balaban J connectivity index is 0.00000200. The van der Waals surface area contributed by atoms with E-state index < -0.39 is 0 Å². The van der Waals surface area contributed by atoms with Gasteiger partial charge in [-0.2, -0.15) is 0 Å². The lowest BCUT2D eigenvalue weighted by atomic mass is 10.1. The van der Waals surface area contributed by atoms with E-state index in [-0.39, 0.29) is 18.5 Å². The van der Waals surface area contributed by atoms with Gasteiger partial charge in [0.15, 0.2) is 0 Å². The lowest BCUT2D eigenvalue weighted by Gasteiger charge is -2.19. The van der Waals surface area contributed by atoms with Crippen LogP contribution in [-0.2, 0) is 0 Å². The van der Waals surface area contributed by atoms with Crippen molar-refractivity contribution in [3.05, 3.63) is 63.7 Å². The van der Waals surface area contributed by atoms with Gasteiger partial charge >= 0.3 is 0 Å². The highest BCUT2D eigenvalue weighted by molar-refractivity contribution is 14.1. The summed E-state index contributed by atoms with van der Waals surface area (Å²) in [7, 11) is 1.97. The number of hydrogen-bond acceptors (Lipinski definition) is 2. The molecule has 0 spiro atoms. The molecule has 0 bridgehead atoms. The molecule has 0 aromatic heterocycles. The summed E-state index contributed by atoms with van der Waals surface area (Å²) in [5.41, 5.74) is 1.22. The molecule has 0 heterocycles. The lowest BCUT2D eigenvalue weighted by molar-refractivity contribution is 0.195. The maximum atomic E-state index is 6.14. The quantitative estimate of drug-likeness (QED) is 0.720. The van der Waals surface area contributed by atoms with Gasteiger partial charge in [0.05, 0.1) is 0 Å². The van der Waals surface area contributed by atoms with E-state index in [0.717, 1.165) is 18.7 Å². The molecule has 1 N–H and O–H groups in total. The SMILES string of the molecule is CNCC[C@@H](Oc1cccc(I)c1)c1ccccc1.Cl. The van der Waals surface area contributed by atoms with Gasteiger partial charge in [0.1, 0.15) is 11.9 Å². The van der Waals surface area contributed by atoms with E-state index >= 15 is 0 Å². The largest absolute Gasteiger partial charge is 0.486 e. The number of nitrogens with one attached hydrogen (secondary N) is 1. The van der Waals surface area contributed by atoms with E-state index in [4.69, 9.17) is 4.74 Å². The van der Waals surface area contributed by atoms with Gasteiger partial charge in [-0.3, -0.25) is 0 Å². The van der Waals surface area contributed by atoms with Crippen LogP contribution in [0.1, 0.15) is 18.1 Å². The summed E-state index contributed by atoms with van der Waals surface area (Å²) >= 11 is 2.30. The van der Waals surface area contributed by atoms with Gasteiger partial charge < -0.3 is 10.1 Å². The maximum Gasteiger partial charge on any atom is 0.125 e. The van der Waals surface area contributed by atoms with Crippen molar-refractivity contribution in [3.8, 4) is 5.75 Å². The van der Waals surface area contributed by atoms with Crippen LogP contribution in [0.15, 0.2) is 54.6 Å².